The number of ether oxygens (including phenoxy) is 2. The van der Waals surface area contributed by atoms with E-state index < -0.39 is 6.10 Å². The molecule has 0 fully saturated rings. The zero-order valence-electron chi connectivity index (χ0n) is 18.5. The number of nitrogens with zero attached hydrogens (tertiary/aromatic N) is 1. The third-order valence-corrected chi connectivity index (χ3v) is 4.48. The Morgan fingerprint density at radius 3 is 2.39 bits per heavy atom. The van der Waals surface area contributed by atoms with E-state index in [1.54, 1.807) is 0 Å². The Bertz CT molecular complexity index is 717. The van der Waals surface area contributed by atoms with Gasteiger partial charge in [-0.15, -0.1) is 24.0 Å². The molecule has 0 radical (unpaired) electrons. The molecule has 7 heteroatoms. The van der Waals surface area contributed by atoms with Gasteiger partial charge in [0.25, 0.3) is 0 Å². The van der Waals surface area contributed by atoms with E-state index in [4.69, 9.17) is 9.47 Å². The van der Waals surface area contributed by atoms with E-state index in [9.17, 15) is 5.11 Å². The van der Waals surface area contributed by atoms with Crippen molar-refractivity contribution >= 4 is 29.9 Å². The Kier molecular flexibility index (Phi) is 15.0. The summed E-state index contributed by atoms with van der Waals surface area (Å²) in [6.45, 7) is 7.27. The van der Waals surface area contributed by atoms with Crippen LogP contribution < -0.4 is 10.6 Å². The number of aliphatic imine (C=N–C) groups is 1. The number of benzene rings is 2. The van der Waals surface area contributed by atoms with Crippen molar-refractivity contribution in [2.24, 2.45) is 4.99 Å². The molecule has 0 aromatic heterocycles. The number of nitrogens with one attached hydrogen (secondary N) is 2. The summed E-state index contributed by atoms with van der Waals surface area (Å²) in [6, 6.07) is 20.1. The van der Waals surface area contributed by atoms with Crippen LogP contribution in [-0.2, 0) is 16.1 Å². The zero-order valence-corrected chi connectivity index (χ0v) is 20.8. The van der Waals surface area contributed by atoms with Crippen molar-refractivity contribution in [1.29, 1.82) is 0 Å². The molecule has 0 saturated heterocycles. The maximum atomic E-state index is 10.1. The average Bonchev–Trinajstić information content (AvgIpc) is 2.78. The number of guanidine groups is 1. The quantitative estimate of drug-likeness (QED) is 0.155. The fourth-order valence-corrected chi connectivity index (χ4v) is 2.84. The summed E-state index contributed by atoms with van der Waals surface area (Å²) in [5.41, 5.74) is 2.27. The van der Waals surface area contributed by atoms with E-state index in [0.29, 0.717) is 19.2 Å². The molecule has 0 amide bonds. The van der Waals surface area contributed by atoms with Gasteiger partial charge in [-0.05, 0) is 31.4 Å². The monoisotopic (exact) mass is 541 g/mol. The SMILES string of the molecule is CCNC(=NCC(O)COCc1ccccc1)NCCCOC(C)c1ccccc1.I. The molecule has 172 valence electrons. The van der Waals surface area contributed by atoms with Gasteiger partial charge < -0.3 is 25.2 Å². The molecule has 6 nitrogen and oxygen atoms in total. The zero-order chi connectivity index (χ0) is 21.4. The maximum absolute atomic E-state index is 10.1. The fourth-order valence-electron chi connectivity index (χ4n) is 2.84. The lowest BCUT2D eigenvalue weighted by Gasteiger charge is -2.15. The van der Waals surface area contributed by atoms with Gasteiger partial charge in [0.2, 0.25) is 0 Å². The first kappa shape index (κ1) is 27.4. The van der Waals surface area contributed by atoms with Crippen LogP contribution in [0.2, 0.25) is 0 Å². The number of aliphatic hydroxyl groups is 1. The summed E-state index contributed by atoms with van der Waals surface area (Å²) < 4.78 is 11.5. The van der Waals surface area contributed by atoms with Crippen molar-refractivity contribution in [3.63, 3.8) is 0 Å². The summed E-state index contributed by atoms with van der Waals surface area (Å²) in [6.07, 6.45) is 0.308. The minimum absolute atomic E-state index is 0. The standard InChI is InChI=1S/C24H35N3O3.HI/c1-3-25-24(26-15-10-16-30-20(2)22-13-8-5-9-14-22)27-17-23(28)19-29-18-21-11-6-4-7-12-21;/h4-9,11-14,20,23,28H,3,10,15-19H2,1-2H3,(H2,25,26,27);1H. The van der Waals surface area contributed by atoms with Crippen LogP contribution in [-0.4, -0.2) is 50.0 Å². The largest absolute Gasteiger partial charge is 0.389 e. The summed E-state index contributed by atoms with van der Waals surface area (Å²) in [5, 5.41) is 16.6. The van der Waals surface area contributed by atoms with Gasteiger partial charge in [0, 0.05) is 19.7 Å². The topological polar surface area (TPSA) is 75.1 Å². The predicted molar refractivity (Wildman–Crippen MR) is 137 cm³/mol. The molecule has 0 spiro atoms. The lowest BCUT2D eigenvalue weighted by atomic mass is 10.1. The average molecular weight is 541 g/mol. The molecule has 0 saturated carbocycles. The van der Waals surface area contributed by atoms with E-state index in [1.165, 1.54) is 5.56 Å². The van der Waals surface area contributed by atoms with Crippen LogP contribution in [0.15, 0.2) is 65.7 Å². The summed E-state index contributed by atoms with van der Waals surface area (Å²) in [5.74, 6) is 0.690. The second-order valence-corrected chi connectivity index (χ2v) is 7.08. The Morgan fingerprint density at radius 2 is 1.71 bits per heavy atom. The van der Waals surface area contributed by atoms with Crippen LogP contribution in [0.3, 0.4) is 0 Å². The summed E-state index contributed by atoms with van der Waals surface area (Å²) in [4.78, 5) is 4.44. The molecule has 2 rings (SSSR count). The number of hydrogen-bond donors (Lipinski definition) is 3. The molecule has 0 aliphatic carbocycles. The van der Waals surface area contributed by atoms with E-state index in [-0.39, 0.29) is 43.2 Å². The van der Waals surface area contributed by atoms with Crippen LogP contribution in [0.25, 0.3) is 0 Å². The fraction of sp³-hybridized carbons (Fsp3) is 0.458. The minimum atomic E-state index is -0.640. The van der Waals surface area contributed by atoms with Gasteiger partial charge >= 0.3 is 0 Å². The minimum Gasteiger partial charge on any atom is -0.389 e. The highest BCUT2D eigenvalue weighted by Gasteiger charge is 2.06. The predicted octanol–water partition coefficient (Wildman–Crippen LogP) is 3.91. The first-order chi connectivity index (χ1) is 14.7. The molecule has 0 bridgehead atoms. The first-order valence-corrected chi connectivity index (χ1v) is 10.7. The molecule has 2 aromatic rings. The van der Waals surface area contributed by atoms with Crippen LogP contribution in [0, 0.1) is 0 Å². The Balaban J connectivity index is 0.00000480. The number of rotatable bonds is 13. The van der Waals surface area contributed by atoms with Gasteiger partial charge in [-0.2, -0.15) is 0 Å². The van der Waals surface area contributed by atoms with Gasteiger partial charge in [0.05, 0.1) is 32.0 Å². The van der Waals surface area contributed by atoms with Gasteiger partial charge in [-0.3, -0.25) is 4.99 Å². The molecular weight excluding hydrogens is 505 g/mol. The third-order valence-electron chi connectivity index (χ3n) is 4.48. The number of aliphatic hydroxyl groups excluding tert-OH is 1. The second-order valence-electron chi connectivity index (χ2n) is 7.08. The van der Waals surface area contributed by atoms with Crippen molar-refractivity contribution in [3.8, 4) is 0 Å². The highest BCUT2D eigenvalue weighted by Crippen LogP contribution is 2.15. The van der Waals surface area contributed by atoms with E-state index in [0.717, 1.165) is 25.1 Å². The molecule has 0 aliphatic heterocycles. The lowest BCUT2D eigenvalue weighted by molar-refractivity contribution is 0.0331. The van der Waals surface area contributed by atoms with Crippen molar-refractivity contribution in [1.82, 2.24) is 10.6 Å². The summed E-state index contributed by atoms with van der Waals surface area (Å²) >= 11 is 0. The Labute approximate surface area is 203 Å². The third kappa shape index (κ3) is 12.1. The molecule has 0 heterocycles. The maximum Gasteiger partial charge on any atom is 0.191 e. The lowest BCUT2D eigenvalue weighted by Crippen LogP contribution is -2.39. The first-order valence-electron chi connectivity index (χ1n) is 10.7. The van der Waals surface area contributed by atoms with Gasteiger partial charge in [-0.25, -0.2) is 0 Å². The number of hydrogen-bond acceptors (Lipinski definition) is 4. The van der Waals surface area contributed by atoms with Gasteiger partial charge in [-0.1, -0.05) is 60.7 Å². The molecule has 2 aromatic carbocycles. The highest BCUT2D eigenvalue weighted by atomic mass is 127. The smallest absolute Gasteiger partial charge is 0.191 e. The van der Waals surface area contributed by atoms with E-state index in [1.807, 2.05) is 55.5 Å². The molecule has 31 heavy (non-hydrogen) atoms. The normalized spacial score (nSPS) is 13.2. The van der Waals surface area contributed by atoms with E-state index in [2.05, 4.69) is 34.7 Å². The highest BCUT2D eigenvalue weighted by molar-refractivity contribution is 14.0. The van der Waals surface area contributed by atoms with Crippen LogP contribution >= 0.6 is 24.0 Å². The van der Waals surface area contributed by atoms with Gasteiger partial charge in [0.1, 0.15) is 0 Å². The van der Waals surface area contributed by atoms with E-state index >= 15 is 0 Å². The molecule has 3 N–H and O–H groups in total. The Hall–Kier alpha value is -1.68. The summed E-state index contributed by atoms with van der Waals surface area (Å²) in [7, 11) is 0. The Morgan fingerprint density at radius 1 is 1.03 bits per heavy atom. The van der Waals surface area contributed by atoms with Gasteiger partial charge in [0.15, 0.2) is 5.96 Å². The second kappa shape index (κ2) is 16.9. The van der Waals surface area contributed by atoms with Crippen molar-refractivity contribution in [3.05, 3.63) is 71.8 Å². The number of halogens is 1. The van der Waals surface area contributed by atoms with Crippen molar-refractivity contribution in [2.45, 2.75) is 39.1 Å². The molecule has 0 aliphatic rings. The molecule has 2 unspecified atom stereocenters. The van der Waals surface area contributed by atoms with Crippen LogP contribution in [0.5, 0.6) is 0 Å². The van der Waals surface area contributed by atoms with Crippen LogP contribution in [0.4, 0.5) is 0 Å². The van der Waals surface area contributed by atoms with Crippen LogP contribution in [0.1, 0.15) is 37.5 Å². The molecule has 2 atom stereocenters. The van der Waals surface area contributed by atoms with Crippen molar-refractivity contribution < 1.29 is 14.6 Å². The van der Waals surface area contributed by atoms with Crippen molar-refractivity contribution in [2.75, 3.05) is 32.8 Å². The molecular formula is C24H36IN3O3.